The Morgan fingerprint density at radius 1 is 1.37 bits per heavy atom. The summed E-state index contributed by atoms with van der Waals surface area (Å²) < 4.78 is 0. The number of aromatic amines is 1. The quantitative estimate of drug-likeness (QED) is 0.841. The lowest BCUT2D eigenvalue weighted by Crippen LogP contribution is -2.38. The normalized spacial score (nSPS) is 14.1. The third-order valence-corrected chi connectivity index (χ3v) is 3.44. The predicted molar refractivity (Wildman–Crippen MR) is 73.2 cm³/mol. The van der Waals surface area contributed by atoms with E-state index >= 15 is 0 Å². The molecule has 5 nitrogen and oxygen atoms in total. The number of benzene rings is 1. The van der Waals surface area contributed by atoms with Crippen molar-refractivity contribution in [2.45, 2.75) is 13.0 Å². The third-order valence-electron chi connectivity index (χ3n) is 3.18. The minimum absolute atomic E-state index is 0.103. The second-order valence-electron chi connectivity index (χ2n) is 4.48. The van der Waals surface area contributed by atoms with Gasteiger partial charge in [-0.15, -0.1) is 0 Å². The van der Waals surface area contributed by atoms with E-state index in [1.54, 1.807) is 35.4 Å². The molecule has 2 heterocycles. The van der Waals surface area contributed by atoms with E-state index in [2.05, 4.69) is 15.5 Å². The van der Waals surface area contributed by atoms with E-state index in [0.717, 1.165) is 23.4 Å². The summed E-state index contributed by atoms with van der Waals surface area (Å²) in [5, 5.41) is 10.5. The molecule has 19 heavy (non-hydrogen) atoms. The summed E-state index contributed by atoms with van der Waals surface area (Å²) in [7, 11) is 0. The van der Waals surface area contributed by atoms with Gasteiger partial charge in [0.25, 0.3) is 0 Å². The Kier molecular flexibility index (Phi) is 3.13. The van der Waals surface area contributed by atoms with Crippen molar-refractivity contribution in [1.82, 2.24) is 15.1 Å². The minimum atomic E-state index is -0.103. The van der Waals surface area contributed by atoms with E-state index in [0.29, 0.717) is 18.1 Å². The van der Waals surface area contributed by atoms with Gasteiger partial charge in [-0.05, 0) is 24.3 Å². The fourth-order valence-corrected chi connectivity index (χ4v) is 2.26. The van der Waals surface area contributed by atoms with Gasteiger partial charge in [-0.3, -0.25) is 5.10 Å². The lowest BCUT2D eigenvalue weighted by Gasteiger charge is -2.26. The van der Waals surface area contributed by atoms with Gasteiger partial charge in [0.2, 0.25) is 0 Å². The molecule has 2 aromatic rings. The Bertz CT molecular complexity index is 593. The molecule has 1 aliphatic rings. The fraction of sp³-hybridized carbons (Fsp3) is 0.231. The van der Waals surface area contributed by atoms with Crippen molar-refractivity contribution < 1.29 is 4.79 Å². The summed E-state index contributed by atoms with van der Waals surface area (Å²) >= 11 is 5.81. The number of fused-ring (bicyclic) bond motifs is 1. The van der Waals surface area contributed by atoms with Crippen LogP contribution in [0, 0.1) is 0 Å². The summed E-state index contributed by atoms with van der Waals surface area (Å²) in [5.74, 6) is 0. The molecule has 0 aliphatic carbocycles. The van der Waals surface area contributed by atoms with Crippen LogP contribution in [-0.4, -0.2) is 27.7 Å². The maximum atomic E-state index is 12.1. The van der Waals surface area contributed by atoms with Crippen LogP contribution in [0.1, 0.15) is 11.3 Å². The number of carbonyl (C=O) groups is 1. The standard InChI is InChI=1S/C13H13ClN4O/c14-10-1-3-11(4-2-10)16-13(19)18-6-5-12-9(8-18)7-15-17-12/h1-4,7H,5-6,8H2,(H,15,17)(H,16,19). The molecule has 0 spiro atoms. The van der Waals surface area contributed by atoms with Crippen molar-refractivity contribution in [2.24, 2.45) is 0 Å². The van der Waals surface area contributed by atoms with Crippen LogP contribution < -0.4 is 5.32 Å². The largest absolute Gasteiger partial charge is 0.322 e. The topological polar surface area (TPSA) is 61.0 Å². The van der Waals surface area contributed by atoms with Gasteiger partial charge in [-0.1, -0.05) is 11.6 Å². The number of hydrogen-bond donors (Lipinski definition) is 2. The molecular weight excluding hydrogens is 264 g/mol. The van der Waals surface area contributed by atoms with Gasteiger partial charge < -0.3 is 10.2 Å². The van der Waals surface area contributed by atoms with Crippen molar-refractivity contribution in [3.63, 3.8) is 0 Å². The van der Waals surface area contributed by atoms with Crippen molar-refractivity contribution in [3.8, 4) is 0 Å². The number of H-pyrrole nitrogens is 1. The van der Waals surface area contributed by atoms with E-state index in [9.17, 15) is 4.79 Å². The molecule has 0 atom stereocenters. The summed E-state index contributed by atoms with van der Waals surface area (Å²) in [6.07, 6.45) is 2.58. The van der Waals surface area contributed by atoms with E-state index in [-0.39, 0.29) is 6.03 Å². The number of nitrogens with zero attached hydrogens (tertiary/aromatic N) is 2. The first-order valence-electron chi connectivity index (χ1n) is 6.05. The molecule has 0 unspecified atom stereocenters. The molecule has 2 amide bonds. The molecule has 1 aromatic heterocycles. The van der Waals surface area contributed by atoms with Gasteiger partial charge >= 0.3 is 6.03 Å². The number of halogens is 1. The maximum Gasteiger partial charge on any atom is 0.322 e. The van der Waals surface area contributed by atoms with Crippen molar-refractivity contribution in [2.75, 3.05) is 11.9 Å². The summed E-state index contributed by atoms with van der Waals surface area (Å²) in [6, 6.07) is 6.97. The van der Waals surface area contributed by atoms with Gasteiger partial charge in [0.05, 0.1) is 12.7 Å². The highest BCUT2D eigenvalue weighted by Crippen LogP contribution is 2.18. The van der Waals surface area contributed by atoms with Gasteiger partial charge in [-0.2, -0.15) is 5.10 Å². The molecular formula is C13H13ClN4O. The summed E-state index contributed by atoms with van der Waals surface area (Å²) in [5.41, 5.74) is 2.94. The van der Waals surface area contributed by atoms with Crippen LogP contribution in [0.4, 0.5) is 10.5 Å². The van der Waals surface area contributed by atoms with Crippen LogP contribution in [0.15, 0.2) is 30.5 Å². The highest BCUT2D eigenvalue weighted by atomic mass is 35.5. The first-order chi connectivity index (χ1) is 9.22. The summed E-state index contributed by atoms with van der Waals surface area (Å²) in [4.78, 5) is 13.9. The number of carbonyl (C=O) groups excluding carboxylic acids is 1. The maximum absolute atomic E-state index is 12.1. The fourth-order valence-electron chi connectivity index (χ4n) is 2.13. The Morgan fingerprint density at radius 2 is 2.16 bits per heavy atom. The SMILES string of the molecule is O=C(Nc1ccc(Cl)cc1)N1CCc2[nH]ncc2C1. The lowest BCUT2D eigenvalue weighted by molar-refractivity contribution is 0.206. The van der Waals surface area contributed by atoms with Crippen LogP contribution in [0.3, 0.4) is 0 Å². The predicted octanol–water partition coefficient (Wildman–Crippen LogP) is 2.65. The molecule has 0 radical (unpaired) electrons. The molecule has 0 saturated carbocycles. The molecule has 2 N–H and O–H groups in total. The van der Waals surface area contributed by atoms with E-state index in [1.165, 1.54) is 0 Å². The Labute approximate surface area is 115 Å². The van der Waals surface area contributed by atoms with Crippen molar-refractivity contribution >= 4 is 23.3 Å². The Morgan fingerprint density at radius 3 is 2.95 bits per heavy atom. The van der Waals surface area contributed by atoms with E-state index in [1.807, 2.05) is 0 Å². The molecule has 1 aliphatic heterocycles. The number of urea groups is 1. The van der Waals surface area contributed by atoms with E-state index in [4.69, 9.17) is 11.6 Å². The number of hydrogen-bond acceptors (Lipinski definition) is 2. The van der Waals surface area contributed by atoms with Crippen molar-refractivity contribution in [3.05, 3.63) is 46.7 Å². The molecule has 98 valence electrons. The monoisotopic (exact) mass is 276 g/mol. The highest BCUT2D eigenvalue weighted by molar-refractivity contribution is 6.30. The van der Waals surface area contributed by atoms with Crippen LogP contribution >= 0.6 is 11.6 Å². The second kappa shape index (κ2) is 4.93. The van der Waals surface area contributed by atoms with E-state index < -0.39 is 0 Å². The third kappa shape index (κ3) is 2.56. The number of amides is 2. The van der Waals surface area contributed by atoms with Gasteiger partial charge in [0.1, 0.15) is 0 Å². The Hall–Kier alpha value is -2.01. The smallest absolute Gasteiger partial charge is 0.320 e. The average Bonchev–Trinajstić information content (AvgIpc) is 2.88. The lowest BCUT2D eigenvalue weighted by atomic mass is 10.1. The molecule has 6 heteroatoms. The minimum Gasteiger partial charge on any atom is -0.320 e. The van der Waals surface area contributed by atoms with Crippen LogP contribution in [0.5, 0.6) is 0 Å². The number of anilines is 1. The zero-order chi connectivity index (χ0) is 13.2. The van der Waals surface area contributed by atoms with Crippen LogP contribution in [0.2, 0.25) is 5.02 Å². The average molecular weight is 277 g/mol. The highest BCUT2D eigenvalue weighted by Gasteiger charge is 2.21. The van der Waals surface area contributed by atoms with Crippen molar-refractivity contribution in [1.29, 1.82) is 0 Å². The number of aromatic nitrogens is 2. The summed E-state index contributed by atoms with van der Waals surface area (Å²) in [6.45, 7) is 1.28. The van der Waals surface area contributed by atoms with Gasteiger partial charge in [0.15, 0.2) is 0 Å². The molecule has 0 saturated heterocycles. The van der Waals surface area contributed by atoms with Crippen LogP contribution in [0.25, 0.3) is 0 Å². The van der Waals surface area contributed by atoms with Crippen LogP contribution in [-0.2, 0) is 13.0 Å². The zero-order valence-corrected chi connectivity index (χ0v) is 10.9. The molecule has 0 fully saturated rings. The first kappa shape index (κ1) is 12.0. The zero-order valence-electron chi connectivity index (χ0n) is 10.2. The molecule has 1 aromatic carbocycles. The number of rotatable bonds is 1. The number of nitrogens with one attached hydrogen (secondary N) is 2. The molecule has 0 bridgehead atoms. The second-order valence-corrected chi connectivity index (χ2v) is 4.92. The molecule has 3 rings (SSSR count). The Balaban J connectivity index is 1.67. The first-order valence-corrected chi connectivity index (χ1v) is 6.43. The van der Waals surface area contributed by atoms with Gasteiger partial charge in [0, 0.05) is 34.9 Å². The van der Waals surface area contributed by atoms with Gasteiger partial charge in [-0.25, -0.2) is 4.79 Å².